The second-order valence-electron chi connectivity index (χ2n) is 7.00. The van der Waals surface area contributed by atoms with Crippen molar-refractivity contribution in [2.24, 2.45) is 0 Å². The zero-order valence-electron chi connectivity index (χ0n) is 16.2. The number of rotatable bonds is 8. The molecule has 0 heterocycles. The van der Waals surface area contributed by atoms with Crippen LogP contribution in [0.15, 0.2) is 48.5 Å². The van der Waals surface area contributed by atoms with Crippen molar-refractivity contribution >= 4 is 35.1 Å². The fourth-order valence-corrected chi connectivity index (χ4v) is 3.27. The number of esters is 1. The number of carbonyl (C=O) groups excluding carboxylic acids is 3. The Balaban J connectivity index is 1.44. The Morgan fingerprint density at radius 1 is 1.03 bits per heavy atom. The number of carbonyl (C=O) groups is 3. The first-order valence-corrected chi connectivity index (χ1v) is 9.90. The lowest BCUT2D eigenvalue weighted by molar-refractivity contribution is -0.151. The Kier molecular flexibility index (Phi) is 6.54. The molecular weight excluding hydrogens is 392 g/mol. The van der Waals surface area contributed by atoms with E-state index in [0.29, 0.717) is 17.9 Å². The molecule has 1 aliphatic rings. The van der Waals surface area contributed by atoms with Gasteiger partial charge in [-0.05, 0) is 48.6 Å². The van der Waals surface area contributed by atoms with Gasteiger partial charge in [0.15, 0.2) is 6.61 Å². The van der Waals surface area contributed by atoms with E-state index >= 15 is 0 Å². The standard InChI is InChI=1S/C22H23ClN2O4/c1-2-15-5-3-4-6-18(15)25-19(26)13-24-20(27)14-29-21(28)22(11-12-22)16-7-9-17(23)10-8-16/h3-10H,2,11-14H2,1H3,(H,24,27)(H,25,26). The smallest absolute Gasteiger partial charge is 0.317 e. The van der Waals surface area contributed by atoms with Crippen LogP contribution < -0.4 is 10.6 Å². The van der Waals surface area contributed by atoms with Crippen molar-refractivity contribution in [2.75, 3.05) is 18.5 Å². The van der Waals surface area contributed by atoms with Crippen molar-refractivity contribution < 1.29 is 19.1 Å². The Bertz CT molecular complexity index is 907. The average molecular weight is 415 g/mol. The van der Waals surface area contributed by atoms with Gasteiger partial charge in [0.25, 0.3) is 5.91 Å². The molecule has 0 atom stereocenters. The van der Waals surface area contributed by atoms with Crippen molar-refractivity contribution in [3.05, 3.63) is 64.7 Å². The van der Waals surface area contributed by atoms with Gasteiger partial charge >= 0.3 is 5.97 Å². The Morgan fingerprint density at radius 3 is 2.38 bits per heavy atom. The molecule has 1 aliphatic carbocycles. The van der Waals surface area contributed by atoms with Gasteiger partial charge in [0.05, 0.1) is 12.0 Å². The number of anilines is 1. The third-order valence-electron chi connectivity index (χ3n) is 4.99. The number of para-hydroxylation sites is 1. The quantitative estimate of drug-likeness (QED) is 0.649. The van der Waals surface area contributed by atoms with E-state index in [4.69, 9.17) is 16.3 Å². The Morgan fingerprint density at radius 2 is 1.72 bits per heavy atom. The lowest BCUT2D eigenvalue weighted by Gasteiger charge is -2.15. The molecule has 1 saturated carbocycles. The highest BCUT2D eigenvalue weighted by Crippen LogP contribution is 2.49. The molecule has 2 aromatic rings. The fraction of sp³-hybridized carbons (Fsp3) is 0.318. The van der Waals surface area contributed by atoms with Gasteiger partial charge < -0.3 is 15.4 Å². The first-order chi connectivity index (χ1) is 13.9. The number of aryl methyl sites for hydroxylation is 1. The van der Waals surface area contributed by atoms with Crippen molar-refractivity contribution in [3.8, 4) is 0 Å². The third-order valence-corrected chi connectivity index (χ3v) is 5.24. The van der Waals surface area contributed by atoms with Crippen LogP contribution in [0.3, 0.4) is 0 Å². The van der Waals surface area contributed by atoms with Gasteiger partial charge in [-0.3, -0.25) is 14.4 Å². The highest BCUT2D eigenvalue weighted by atomic mass is 35.5. The van der Waals surface area contributed by atoms with Crippen LogP contribution in [-0.2, 0) is 31.0 Å². The molecule has 152 valence electrons. The summed E-state index contributed by atoms with van der Waals surface area (Å²) in [5, 5.41) is 5.83. The number of amides is 2. The lowest BCUT2D eigenvalue weighted by Crippen LogP contribution is -2.36. The van der Waals surface area contributed by atoms with Gasteiger partial charge in [-0.2, -0.15) is 0 Å². The minimum atomic E-state index is -0.688. The maximum absolute atomic E-state index is 12.5. The van der Waals surface area contributed by atoms with E-state index in [2.05, 4.69) is 10.6 Å². The van der Waals surface area contributed by atoms with Gasteiger partial charge in [0.2, 0.25) is 5.91 Å². The second kappa shape index (κ2) is 9.09. The molecule has 2 aromatic carbocycles. The summed E-state index contributed by atoms with van der Waals surface area (Å²) in [6.45, 7) is 1.38. The van der Waals surface area contributed by atoms with Gasteiger partial charge in [-0.1, -0.05) is 48.9 Å². The Hall–Kier alpha value is -2.86. The van der Waals surface area contributed by atoms with Gasteiger partial charge in [0.1, 0.15) is 0 Å². The largest absolute Gasteiger partial charge is 0.455 e. The minimum Gasteiger partial charge on any atom is -0.455 e. The van der Waals surface area contributed by atoms with E-state index in [1.54, 1.807) is 24.3 Å². The predicted molar refractivity (Wildman–Crippen MR) is 111 cm³/mol. The summed E-state index contributed by atoms with van der Waals surface area (Å²) in [6.07, 6.45) is 2.14. The Labute approximate surface area is 174 Å². The molecule has 2 amide bonds. The summed E-state index contributed by atoms with van der Waals surface area (Å²) in [4.78, 5) is 36.5. The van der Waals surface area contributed by atoms with E-state index in [-0.39, 0.29) is 12.5 Å². The van der Waals surface area contributed by atoms with E-state index in [1.807, 2.05) is 31.2 Å². The van der Waals surface area contributed by atoms with Crippen LogP contribution in [0, 0.1) is 0 Å². The molecule has 3 rings (SSSR count). The SMILES string of the molecule is CCc1ccccc1NC(=O)CNC(=O)COC(=O)C1(c2ccc(Cl)cc2)CC1. The first kappa shape index (κ1) is 20.9. The zero-order chi connectivity index (χ0) is 20.9. The summed E-state index contributed by atoms with van der Waals surface area (Å²) in [7, 11) is 0. The summed E-state index contributed by atoms with van der Waals surface area (Å²) >= 11 is 5.89. The molecule has 0 radical (unpaired) electrons. The molecule has 0 aromatic heterocycles. The van der Waals surface area contributed by atoms with Crippen LogP contribution in [-0.4, -0.2) is 30.9 Å². The van der Waals surface area contributed by atoms with E-state index in [1.165, 1.54) is 0 Å². The number of benzene rings is 2. The number of halogens is 1. The lowest BCUT2D eigenvalue weighted by atomic mass is 9.96. The maximum Gasteiger partial charge on any atom is 0.317 e. The van der Waals surface area contributed by atoms with Gasteiger partial charge in [-0.15, -0.1) is 0 Å². The van der Waals surface area contributed by atoms with Crippen LogP contribution in [0.1, 0.15) is 30.9 Å². The van der Waals surface area contributed by atoms with E-state index < -0.39 is 23.9 Å². The van der Waals surface area contributed by atoms with Crippen LogP contribution in [0.25, 0.3) is 0 Å². The monoisotopic (exact) mass is 414 g/mol. The number of hydrogen-bond acceptors (Lipinski definition) is 4. The molecule has 6 nitrogen and oxygen atoms in total. The zero-order valence-corrected chi connectivity index (χ0v) is 16.9. The van der Waals surface area contributed by atoms with Crippen LogP contribution in [0.5, 0.6) is 0 Å². The topological polar surface area (TPSA) is 84.5 Å². The highest BCUT2D eigenvalue weighted by molar-refractivity contribution is 6.30. The summed E-state index contributed by atoms with van der Waals surface area (Å²) in [6, 6.07) is 14.5. The molecule has 0 unspecified atom stereocenters. The third kappa shape index (κ3) is 5.15. The normalized spacial score (nSPS) is 14.0. The second-order valence-corrected chi connectivity index (χ2v) is 7.44. The molecule has 0 saturated heterocycles. The van der Waals surface area contributed by atoms with Gasteiger partial charge in [-0.25, -0.2) is 0 Å². The summed E-state index contributed by atoms with van der Waals surface area (Å²) in [5.74, 6) is -1.30. The van der Waals surface area contributed by atoms with Crippen molar-refractivity contribution in [2.45, 2.75) is 31.6 Å². The molecular formula is C22H23ClN2O4. The van der Waals surface area contributed by atoms with Crippen LogP contribution >= 0.6 is 11.6 Å². The highest BCUT2D eigenvalue weighted by Gasteiger charge is 2.52. The molecule has 2 N–H and O–H groups in total. The van der Waals surface area contributed by atoms with Crippen molar-refractivity contribution in [3.63, 3.8) is 0 Å². The molecule has 1 fully saturated rings. The first-order valence-electron chi connectivity index (χ1n) is 9.52. The summed E-state index contributed by atoms with van der Waals surface area (Å²) < 4.78 is 5.19. The van der Waals surface area contributed by atoms with E-state index in [9.17, 15) is 14.4 Å². The minimum absolute atomic E-state index is 0.198. The summed E-state index contributed by atoms with van der Waals surface area (Å²) in [5.41, 5.74) is 1.88. The number of ether oxygens (including phenoxy) is 1. The predicted octanol–water partition coefficient (Wildman–Crippen LogP) is 3.23. The number of hydrogen-bond donors (Lipinski definition) is 2. The molecule has 7 heteroatoms. The molecule has 0 aliphatic heterocycles. The molecule has 29 heavy (non-hydrogen) atoms. The van der Waals surface area contributed by atoms with Gasteiger partial charge in [0, 0.05) is 10.7 Å². The van der Waals surface area contributed by atoms with Crippen LogP contribution in [0.4, 0.5) is 5.69 Å². The average Bonchev–Trinajstić information content (AvgIpc) is 3.53. The maximum atomic E-state index is 12.5. The number of nitrogens with one attached hydrogen (secondary N) is 2. The molecule has 0 bridgehead atoms. The molecule has 0 spiro atoms. The van der Waals surface area contributed by atoms with Crippen molar-refractivity contribution in [1.29, 1.82) is 0 Å². The van der Waals surface area contributed by atoms with Crippen LogP contribution in [0.2, 0.25) is 5.02 Å². The van der Waals surface area contributed by atoms with Crippen molar-refractivity contribution in [1.82, 2.24) is 5.32 Å². The van der Waals surface area contributed by atoms with E-state index in [0.717, 1.165) is 23.2 Å². The fourth-order valence-electron chi connectivity index (χ4n) is 3.15.